The van der Waals surface area contributed by atoms with Crippen LogP contribution in [0.3, 0.4) is 0 Å². The highest BCUT2D eigenvalue weighted by atomic mass is 16.4. The van der Waals surface area contributed by atoms with Gasteiger partial charge in [0, 0.05) is 11.5 Å². The van der Waals surface area contributed by atoms with Crippen molar-refractivity contribution in [2.45, 2.75) is 25.7 Å². The maximum Gasteiger partial charge on any atom is 0.336 e. The second kappa shape index (κ2) is 2.96. The van der Waals surface area contributed by atoms with Gasteiger partial charge in [-0.15, -0.1) is 0 Å². The average molecular weight is 200 g/mol. The predicted octanol–water partition coefficient (Wildman–Crippen LogP) is 2.98. The van der Waals surface area contributed by atoms with Gasteiger partial charge < -0.3 is 4.42 Å². The molecule has 1 heterocycles. The number of hydrogen-bond donors (Lipinski definition) is 0. The van der Waals surface area contributed by atoms with E-state index in [9.17, 15) is 4.79 Å². The monoisotopic (exact) mass is 200 g/mol. The largest absolute Gasteiger partial charge is 0.423 e. The Labute approximate surface area is 87.5 Å². The van der Waals surface area contributed by atoms with Gasteiger partial charge in [-0.05, 0) is 42.9 Å². The quantitative estimate of drug-likeness (QED) is 0.662. The molecule has 0 unspecified atom stereocenters. The Morgan fingerprint density at radius 3 is 2.80 bits per heavy atom. The molecule has 2 nitrogen and oxygen atoms in total. The van der Waals surface area contributed by atoms with Gasteiger partial charge in [-0.3, -0.25) is 0 Å². The lowest BCUT2D eigenvalue weighted by Crippen LogP contribution is -1.99. The predicted molar refractivity (Wildman–Crippen MR) is 59.2 cm³/mol. The number of benzene rings is 1. The molecule has 0 saturated heterocycles. The van der Waals surface area contributed by atoms with Gasteiger partial charge in [-0.2, -0.15) is 0 Å². The van der Waals surface area contributed by atoms with Crippen molar-refractivity contribution in [1.82, 2.24) is 0 Å². The molecule has 1 aliphatic rings. The van der Waals surface area contributed by atoms with Gasteiger partial charge in [-0.25, -0.2) is 4.79 Å². The molecule has 0 radical (unpaired) electrons. The van der Waals surface area contributed by atoms with Crippen LogP contribution in [0, 0.1) is 6.92 Å². The molecular weight excluding hydrogens is 188 g/mol. The van der Waals surface area contributed by atoms with Gasteiger partial charge in [0.05, 0.1) is 0 Å². The van der Waals surface area contributed by atoms with E-state index in [1.54, 1.807) is 6.07 Å². The summed E-state index contributed by atoms with van der Waals surface area (Å²) in [4.78, 5) is 11.4. The van der Waals surface area contributed by atoms with E-state index < -0.39 is 0 Å². The molecule has 2 aromatic rings. The highest BCUT2D eigenvalue weighted by Gasteiger charge is 2.26. The molecule has 1 saturated carbocycles. The first-order chi connectivity index (χ1) is 7.24. The van der Waals surface area contributed by atoms with Crippen LogP contribution in [-0.2, 0) is 0 Å². The van der Waals surface area contributed by atoms with Crippen LogP contribution in [0.25, 0.3) is 11.0 Å². The first-order valence-electron chi connectivity index (χ1n) is 5.28. The summed E-state index contributed by atoms with van der Waals surface area (Å²) in [6.07, 6.45) is 2.40. The lowest BCUT2D eigenvalue weighted by Gasteiger charge is -2.03. The maximum absolute atomic E-state index is 11.4. The minimum absolute atomic E-state index is 0.227. The van der Waals surface area contributed by atoms with E-state index in [1.165, 1.54) is 18.4 Å². The Balaban J connectivity index is 2.38. The van der Waals surface area contributed by atoms with Crippen LogP contribution < -0.4 is 5.63 Å². The van der Waals surface area contributed by atoms with Crippen molar-refractivity contribution in [3.8, 4) is 0 Å². The Kier molecular flexibility index (Phi) is 1.72. The van der Waals surface area contributed by atoms with Gasteiger partial charge >= 0.3 is 5.63 Å². The van der Waals surface area contributed by atoms with Gasteiger partial charge in [0.2, 0.25) is 0 Å². The molecule has 0 atom stereocenters. The highest BCUT2D eigenvalue weighted by Crippen LogP contribution is 2.42. The maximum atomic E-state index is 11.4. The van der Waals surface area contributed by atoms with Crippen LogP contribution in [0.15, 0.2) is 33.5 Å². The van der Waals surface area contributed by atoms with E-state index in [0.717, 1.165) is 16.5 Å². The van der Waals surface area contributed by atoms with E-state index in [4.69, 9.17) is 4.42 Å². The van der Waals surface area contributed by atoms with Crippen LogP contribution in [0.4, 0.5) is 0 Å². The lowest BCUT2D eigenvalue weighted by molar-refractivity contribution is 0.558. The number of hydrogen-bond acceptors (Lipinski definition) is 2. The molecule has 1 aliphatic carbocycles. The van der Waals surface area contributed by atoms with Crippen LogP contribution >= 0.6 is 0 Å². The molecule has 2 heteroatoms. The van der Waals surface area contributed by atoms with Gasteiger partial charge in [0.25, 0.3) is 0 Å². The molecule has 0 spiro atoms. The lowest BCUT2D eigenvalue weighted by atomic mass is 10.0. The third-order valence-electron chi connectivity index (χ3n) is 2.95. The number of fused-ring (bicyclic) bond motifs is 1. The van der Waals surface area contributed by atoms with Gasteiger partial charge in [0.1, 0.15) is 5.58 Å². The topological polar surface area (TPSA) is 30.2 Å². The fraction of sp³-hybridized carbons (Fsp3) is 0.308. The molecule has 15 heavy (non-hydrogen) atoms. The zero-order valence-corrected chi connectivity index (χ0v) is 8.62. The molecule has 0 aliphatic heterocycles. The number of rotatable bonds is 1. The Morgan fingerprint density at radius 1 is 1.27 bits per heavy atom. The smallest absolute Gasteiger partial charge is 0.336 e. The molecule has 3 rings (SSSR count). The Bertz CT molecular complexity index is 577. The first-order valence-corrected chi connectivity index (χ1v) is 5.28. The Morgan fingerprint density at radius 2 is 2.07 bits per heavy atom. The summed E-state index contributed by atoms with van der Waals surface area (Å²) in [7, 11) is 0. The SMILES string of the molecule is Cc1ccc2c(C3CC3)cc(=O)oc2c1. The van der Waals surface area contributed by atoms with Crippen LogP contribution in [0.2, 0.25) is 0 Å². The van der Waals surface area contributed by atoms with Crippen LogP contribution in [0.1, 0.15) is 29.9 Å². The minimum Gasteiger partial charge on any atom is -0.423 e. The molecular formula is C13H12O2. The average Bonchev–Trinajstić information content (AvgIpc) is 2.98. The molecule has 1 aromatic carbocycles. The van der Waals surface area contributed by atoms with Crippen molar-refractivity contribution < 1.29 is 4.42 Å². The van der Waals surface area contributed by atoms with Gasteiger partial charge in [-0.1, -0.05) is 12.1 Å². The zero-order valence-electron chi connectivity index (χ0n) is 8.62. The zero-order chi connectivity index (χ0) is 10.4. The summed E-state index contributed by atoms with van der Waals surface area (Å²) < 4.78 is 5.21. The molecule has 0 bridgehead atoms. The van der Waals surface area contributed by atoms with Crippen molar-refractivity contribution in [1.29, 1.82) is 0 Å². The fourth-order valence-corrected chi connectivity index (χ4v) is 2.03. The van der Waals surface area contributed by atoms with Crippen LogP contribution in [0.5, 0.6) is 0 Å². The number of aryl methyl sites for hydroxylation is 1. The highest BCUT2D eigenvalue weighted by molar-refractivity contribution is 5.81. The standard InChI is InChI=1S/C13H12O2/c1-8-2-5-10-11(9-3-4-9)7-13(14)15-12(10)6-8/h2,5-7,9H,3-4H2,1H3. The summed E-state index contributed by atoms with van der Waals surface area (Å²) in [5, 5.41) is 1.10. The second-order valence-corrected chi connectivity index (χ2v) is 4.29. The van der Waals surface area contributed by atoms with Gasteiger partial charge in [0.15, 0.2) is 0 Å². The van der Waals surface area contributed by atoms with E-state index in [-0.39, 0.29) is 5.63 Å². The van der Waals surface area contributed by atoms with Crippen LogP contribution in [-0.4, -0.2) is 0 Å². The Hall–Kier alpha value is -1.57. The van der Waals surface area contributed by atoms with E-state index in [2.05, 4.69) is 12.1 Å². The van der Waals surface area contributed by atoms with Crippen molar-refractivity contribution in [3.05, 3.63) is 45.8 Å². The first kappa shape index (κ1) is 8.72. The minimum atomic E-state index is -0.227. The van der Waals surface area contributed by atoms with Crippen molar-refractivity contribution >= 4 is 11.0 Å². The van der Waals surface area contributed by atoms with E-state index in [0.29, 0.717) is 5.92 Å². The van der Waals surface area contributed by atoms with E-state index in [1.807, 2.05) is 13.0 Å². The summed E-state index contributed by atoms with van der Waals surface area (Å²) in [5.41, 5.74) is 2.79. The molecule has 76 valence electrons. The van der Waals surface area contributed by atoms with Crippen molar-refractivity contribution in [2.75, 3.05) is 0 Å². The second-order valence-electron chi connectivity index (χ2n) is 4.29. The third kappa shape index (κ3) is 1.46. The normalized spacial score (nSPS) is 15.8. The summed E-state index contributed by atoms with van der Waals surface area (Å²) in [6, 6.07) is 7.70. The third-order valence-corrected chi connectivity index (χ3v) is 2.95. The molecule has 0 amide bonds. The van der Waals surface area contributed by atoms with Crippen molar-refractivity contribution in [2.24, 2.45) is 0 Å². The fourth-order valence-electron chi connectivity index (χ4n) is 2.03. The van der Waals surface area contributed by atoms with Crippen molar-refractivity contribution in [3.63, 3.8) is 0 Å². The molecule has 1 aromatic heterocycles. The summed E-state index contributed by atoms with van der Waals surface area (Å²) in [6.45, 7) is 2.00. The summed E-state index contributed by atoms with van der Waals surface area (Å²) >= 11 is 0. The van der Waals surface area contributed by atoms with E-state index >= 15 is 0 Å². The molecule has 1 fully saturated rings. The summed E-state index contributed by atoms with van der Waals surface area (Å²) in [5.74, 6) is 0.583. The molecule has 0 N–H and O–H groups in total.